The third-order valence-electron chi connectivity index (χ3n) is 3.01. The van der Waals surface area contributed by atoms with Crippen LogP contribution in [0.5, 0.6) is 11.6 Å². The third kappa shape index (κ3) is 2.65. The lowest BCUT2D eigenvalue weighted by Gasteiger charge is -2.15. The first-order chi connectivity index (χ1) is 7.79. The first-order valence-corrected chi connectivity index (χ1v) is 5.99. The van der Waals surface area contributed by atoms with Gasteiger partial charge in [0.25, 0.3) is 0 Å². The highest BCUT2D eigenvalue weighted by molar-refractivity contribution is 5.35. The van der Waals surface area contributed by atoms with E-state index in [1.807, 2.05) is 12.3 Å². The molecule has 0 bridgehead atoms. The van der Waals surface area contributed by atoms with Gasteiger partial charge in [-0.3, -0.25) is 0 Å². The van der Waals surface area contributed by atoms with Gasteiger partial charge >= 0.3 is 0 Å². The van der Waals surface area contributed by atoms with E-state index in [4.69, 9.17) is 9.47 Å². The third-order valence-corrected chi connectivity index (χ3v) is 3.01. The minimum Gasteiger partial charge on any atom is -0.490 e. The maximum absolute atomic E-state index is 5.94. The summed E-state index contributed by atoms with van der Waals surface area (Å²) in [5, 5.41) is 0. The van der Waals surface area contributed by atoms with Gasteiger partial charge in [0.1, 0.15) is 5.75 Å². The number of pyridine rings is 1. The van der Waals surface area contributed by atoms with Crippen molar-refractivity contribution in [2.75, 3.05) is 7.11 Å². The van der Waals surface area contributed by atoms with Gasteiger partial charge in [0, 0.05) is 17.8 Å². The van der Waals surface area contributed by atoms with Crippen LogP contribution in [-0.4, -0.2) is 18.2 Å². The molecule has 1 aliphatic rings. The molecule has 1 unspecified atom stereocenters. The maximum atomic E-state index is 5.94. The molecule has 0 fully saturated rings. The van der Waals surface area contributed by atoms with Gasteiger partial charge in [-0.2, -0.15) is 0 Å². The Labute approximate surface area is 96.8 Å². The average Bonchev–Trinajstić information content (AvgIpc) is 2.37. The fraction of sp³-hybridized carbons (Fsp3) is 0.615. The number of methoxy groups -OCH3 is 1. The number of nitrogens with zero attached hydrogens (tertiary/aromatic N) is 1. The number of fused-ring (bicyclic) bond motifs is 1. The van der Waals surface area contributed by atoms with E-state index in [1.54, 1.807) is 7.11 Å². The number of ether oxygens (including phenoxy) is 2. The number of aromatic nitrogens is 1. The van der Waals surface area contributed by atoms with Crippen molar-refractivity contribution in [1.29, 1.82) is 0 Å². The Morgan fingerprint density at radius 3 is 3.06 bits per heavy atom. The van der Waals surface area contributed by atoms with E-state index in [0.717, 1.165) is 18.6 Å². The van der Waals surface area contributed by atoms with Crippen molar-refractivity contribution in [2.45, 2.75) is 45.1 Å². The van der Waals surface area contributed by atoms with Gasteiger partial charge in [-0.1, -0.05) is 6.42 Å². The Morgan fingerprint density at radius 1 is 1.38 bits per heavy atom. The summed E-state index contributed by atoms with van der Waals surface area (Å²) >= 11 is 0. The van der Waals surface area contributed by atoms with Crippen molar-refractivity contribution in [2.24, 2.45) is 0 Å². The second-order valence-corrected chi connectivity index (χ2v) is 4.36. The van der Waals surface area contributed by atoms with E-state index in [2.05, 4.69) is 11.9 Å². The molecule has 1 atom stereocenters. The Morgan fingerprint density at radius 2 is 2.25 bits per heavy atom. The van der Waals surface area contributed by atoms with Crippen molar-refractivity contribution in [3.05, 3.63) is 17.8 Å². The van der Waals surface area contributed by atoms with Gasteiger partial charge in [-0.15, -0.1) is 0 Å². The van der Waals surface area contributed by atoms with Crippen molar-refractivity contribution in [3.8, 4) is 11.6 Å². The second kappa shape index (κ2) is 5.19. The molecule has 0 spiro atoms. The van der Waals surface area contributed by atoms with Crippen LogP contribution in [0.4, 0.5) is 0 Å². The summed E-state index contributed by atoms with van der Waals surface area (Å²) in [6.45, 7) is 2.13. The van der Waals surface area contributed by atoms with Crippen LogP contribution in [0.25, 0.3) is 0 Å². The van der Waals surface area contributed by atoms with Gasteiger partial charge in [0.2, 0.25) is 5.88 Å². The van der Waals surface area contributed by atoms with Crippen LogP contribution in [0.2, 0.25) is 0 Å². The van der Waals surface area contributed by atoms with Gasteiger partial charge in [-0.25, -0.2) is 4.98 Å². The summed E-state index contributed by atoms with van der Waals surface area (Å²) in [6, 6.07) is 1.90. The van der Waals surface area contributed by atoms with E-state index in [9.17, 15) is 0 Å². The molecular formula is C13H19NO2. The lowest BCUT2D eigenvalue weighted by atomic mass is 10.1. The summed E-state index contributed by atoms with van der Waals surface area (Å²) < 4.78 is 11.1. The van der Waals surface area contributed by atoms with Crippen molar-refractivity contribution < 1.29 is 9.47 Å². The molecule has 3 heteroatoms. The Hall–Kier alpha value is -1.25. The summed E-state index contributed by atoms with van der Waals surface area (Å²) in [7, 11) is 1.63. The molecule has 1 aromatic rings. The predicted molar refractivity (Wildman–Crippen MR) is 63.1 cm³/mol. The molecule has 0 N–H and O–H groups in total. The Bertz CT molecular complexity index is 352. The molecule has 0 radical (unpaired) electrons. The molecule has 3 nitrogen and oxygen atoms in total. The number of hydrogen-bond acceptors (Lipinski definition) is 3. The summed E-state index contributed by atoms with van der Waals surface area (Å²) in [5.41, 5.74) is 1.20. The van der Waals surface area contributed by atoms with E-state index in [0.29, 0.717) is 5.88 Å². The lowest BCUT2D eigenvalue weighted by Crippen LogP contribution is -2.12. The summed E-state index contributed by atoms with van der Waals surface area (Å²) in [4.78, 5) is 4.24. The molecule has 1 aromatic heterocycles. The molecule has 0 saturated heterocycles. The molecule has 0 amide bonds. The quantitative estimate of drug-likeness (QED) is 0.730. The van der Waals surface area contributed by atoms with Gasteiger partial charge in [-0.05, 0) is 32.6 Å². The lowest BCUT2D eigenvalue weighted by molar-refractivity contribution is 0.206. The fourth-order valence-corrected chi connectivity index (χ4v) is 2.06. The molecule has 88 valence electrons. The van der Waals surface area contributed by atoms with Crippen LogP contribution in [0.1, 0.15) is 38.2 Å². The van der Waals surface area contributed by atoms with Crippen LogP contribution in [0.15, 0.2) is 12.3 Å². The average molecular weight is 221 g/mol. The van der Waals surface area contributed by atoms with E-state index < -0.39 is 0 Å². The van der Waals surface area contributed by atoms with Gasteiger partial charge in [0.05, 0.1) is 13.2 Å². The SMILES string of the molecule is COc1cc2c(cn1)CCCCCC(C)O2. The molecule has 1 aliphatic heterocycles. The first-order valence-electron chi connectivity index (χ1n) is 5.99. The van der Waals surface area contributed by atoms with Crippen LogP contribution in [-0.2, 0) is 6.42 Å². The van der Waals surface area contributed by atoms with Crippen LogP contribution < -0.4 is 9.47 Å². The minimum atomic E-state index is 0.281. The highest BCUT2D eigenvalue weighted by Gasteiger charge is 2.13. The monoisotopic (exact) mass is 221 g/mol. The normalized spacial score (nSPS) is 21.0. The molecular weight excluding hydrogens is 202 g/mol. The Balaban J connectivity index is 2.25. The van der Waals surface area contributed by atoms with Gasteiger partial charge in [0.15, 0.2) is 0 Å². The van der Waals surface area contributed by atoms with Crippen molar-refractivity contribution in [3.63, 3.8) is 0 Å². The summed E-state index contributed by atoms with van der Waals surface area (Å²) in [6.07, 6.45) is 8.09. The molecule has 16 heavy (non-hydrogen) atoms. The number of aryl methyl sites for hydroxylation is 1. The van der Waals surface area contributed by atoms with Crippen LogP contribution in [0.3, 0.4) is 0 Å². The molecule has 0 saturated carbocycles. The van der Waals surface area contributed by atoms with Crippen LogP contribution >= 0.6 is 0 Å². The second-order valence-electron chi connectivity index (χ2n) is 4.36. The topological polar surface area (TPSA) is 31.4 Å². The van der Waals surface area contributed by atoms with E-state index in [1.165, 1.54) is 24.8 Å². The van der Waals surface area contributed by atoms with Crippen LogP contribution in [0, 0.1) is 0 Å². The standard InChI is InChI=1S/C13H19NO2/c1-10-6-4-3-5-7-11-9-14-13(15-2)8-12(11)16-10/h8-10H,3-7H2,1-2H3. The van der Waals surface area contributed by atoms with Crippen molar-refractivity contribution in [1.82, 2.24) is 4.98 Å². The zero-order valence-electron chi connectivity index (χ0n) is 10.0. The zero-order chi connectivity index (χ0) is 11.4. The molecule has 2 rings (SSSR count). The van der Waals surface area contributed by atoms with E-state index >= 15 is 0 Å². The maximum Gasteiger partial charge on any atom is 0.216 e. The van der Waals surface area contributed by atoms with Gasteiger partial charge < -0.3 is 9.47 Å². The highest BCUT2D eigenvalue weighted by atomic mass is 16.5. The fourth-order valence-electron chi connectivity index (χ4n) is 2.06. The predicted octanol–water partition coefficient (Wildman–Crippen LogP) is 2.97. The molecule has 2 heterocycles. The van der Waals surface area contributed by atoms with Crippen molar-refractivity contribution >= 4 is 0 Å². The number of hydrogen-bond donors (Lipinski definition) is 0. The Kier molecular flexibility index (Phi) is 3.65. The first kappa shape index (κ1) is 11.2. The largest absolute Gasteiger partial charge is 0.490 e. The molecule has 0 aliphatic carbocycles. The smallest absolute Gasteiger partial charge is 0.216 e. The minimum absolute atomic E-state index is 0.281. The summed E-state index contributed by atoms with van der Waals surface area (Å²) in [5.74, 6) is 1.58. The molecule has 0 aromatic carbocycles. The highest BCUT2D eigenvalue weighted by Crippen LogP contribution is 2.27. The van der Waals surface area contributed by atoms with E-state index in [-0.39, 0.29) is 6.10 Å². The zero-order valence-corrected chi connectivity index (χ0v) is 10.0. The number of rotatable bonds is 1.